The second kappa shape index (κ2) is 6.37. The van der Waals surface area contributed by atoms with Gasteiger partial charge in [-0.1, -0.05) is 12.1 Å². The van der Waals surface area contributed by atoms with Gasteiger partial charge in [-0.25, -0.2) is 9.18 Å². The maximum absolute atomic E-state index is 13.0. The second-order valence-corrected chi connectivity index (χ2v) is 5.59. The number of halogens is 1. The molecule has 0 aliphatic heterocycles. The monoisotopic (exact) mass is 344 g/mol. The van der Waals surface area contributed by atoms with E-state index in [1.807, 2.05) is 0 Å². The van der Waals surface area contributed by atoms with E-state index in [4.69, 9.17) is 12.2 Å². The number of nitrogens with one attached hydrogen (secondary N) is 1. The van der Waals surface area contributed by atoms with Crippen molar-refractivity contribution in [3.8, 4) is 0 Å². The van der Waals surface area contributed by atoms with Crippen molar-refractivity contribution in [2.45, 2.75) is 6.54 Å². The predicted octanol–water partition coefficient (Wildman–Crippen LogP) is 3.03. The molecule has 0 amide bonds. The molecule has 0 aliphatic rings. The van der Waals surface area contributed by atoms with Crippen molar-refractivity contribution >= 4 is 29.1 Å². The molecule has 0 fully saturated rings. The molecule has 5 nitrogen and oxygen atoms in total. The summed E-state index contributed by atoms with van der Waals surface area (Å²) in [6.45, 7) is 0.225. The lowest BCUT2D eigenvalue weighted by Gasteiger charge is -2.09. The van der Waals surface area contributed by atoms with Crippen molar-refractivity contribution in [1.82, 2.24) is 9.55 Å². The van der Waals surface area contributed by atoms with E-state index in [9.17, 15) is 14.0 Å². The third-order valence-corrected chi connectivity index (χ3v) is 3.98. The highest BCUT2D eigenvalue weighted by atomic mass is 32.1. The lowest BCUT2D eigenvalue weighted by atomic mass is 10.1. The van der Waals surface area contributed by atoms with Gasteiger partial charge in [0, 0.05) is 0 Å². The number of esters is 1. The number of fused-ring (bicyclic) bond motifs is 1. The molecule has 1 heterocycles. The van der Waals surface area contributed by atoms with Gasteiger partial charge in [0.25, 0.3) is 5.56 Å². The molecule has 0 atom stereocenters. The molecule has 2 aromatic carbocycles. The third-order valence-electron chi connectivity index (χ3n) is 3.66. The first kappa shape index (κ1) is 16.1. The smallest absolute Gasteiger partial charge is 0.337 e. The number of carbonyl (C=O) groups excluding carboxylic acids is 1. The van der Waals surface area contributed by atoms with E-state index in [0.29, 0.717) is 16.5 Å². The van der Waals surface area contributed by atoms with Gasteiger partial charge in [-0.05, 0) is 48.1 Å². The summed E-state index contributed by atoms with van der Waals surface area (Å²) in [5.41, 5.74) is 1.26. The Labute approximate surface area is 141 Å². The number of carbonyl (C=O) groups is 1. The Balaban J connectivity index is 2.10. The van der Waals surface area contributed by atoms with Crippen LogP contribution in [0, 0.1) is 10.6 Å². The molecule has 0 radical (unpaired) electrons. The summed E-state index contributed by atoms with van der Waals surface area (Å²) in [4.78, 5) is 27.2. The summed E-state index contributed by atoms with van der Waals surface area (Å²) < 4.78 is 19.3. The van der Waals surface area contributed by atoms with Gasteiger partial charge < -0.3 is 9.72 Å². The van der Waals surface area contributed by atoms with Crippen molar-refractivity contribution in [2.24, 2.45) is 0 Å². The first-order valence-electron chi connectivity index (χ1n) is 7.09. The lowest BCUT2D eigenvalue weighted by Crippen LogP contribution is -2.23. The van der Waals surface area contributed by atoms with Crippen LogP contribution in [-0.2, 0) is 11.3 Å². The number of benzene rings is 2. The number of aromatic nitrogens is 2. The van der Waals surface area contributed by atoms with Gasteiger partial charge in [-0.3, -0.25) is 9.36 Å². The second-order valence-electron chi connectivity index (χ2n) is 5.20. The highest BCUT2D eigenvalue weighted by molar-refractivity contribution is 7.71. The third kappa shape index (κ3) is 2.98. The van der Waals surface area contributed by atoms with Crippen LogP contribution in [0.15, 0.2) is 47.3 Å². The zero-order chi connectivity index (χ0) is 17.3. The van der Waals surface area contributed by atoms with E-state index in [2.05, 4.69) is 9.72 Å². The normalized spacial score (nSPS) is 10.8. The van der Waals surface area contributed by atoms with Crippen molar-refractivity contribution < 1.29 is 13.9 Å². The fourth-order valence-corrected chi connectivity index (χ4v) is 2.67. The minimum absolute atomic E-state index is 0.221. The van der Waals surface area contributed by atoms with Crippen LogP contribution in [-0.4, -0.2) is 22.6 Å². The van der Waals surface area contributed by atoms with Gasteiger partial charge in [0.1, 0.15) is 5.82 Å². The molecule has 0 unspecified atom stereocenters. The molecule has 24 heavy (non-hydrogen) atoms. The molecule has 1 N–H and O–H groups in total. The predicted molar refractivity (Wildman–Crippen MR) is 90.2 cm³/mol. The number of aromatic amines is 1. The minimum atomic E-state index is -0.494. The Morgan fingerprint density at radius 3 is 2.62 bits per heavy atom. The van der Waals surface area contributed by atoms with Crippen LogP contribution in [0.5, 0.6) is 0 Å². The fourth-order valence-electron chi connectivity index (χ4n) is 2.42. The van der Waals surface area contributed by atoms with Gasteiger partial charge in [0.15, 0.2) is 4.77 Å². The number of nitrogens with zero attached hydrogens (tertiary/aromatic N) is 1. The van der Waals surface area contributed by atoms with E-state index in [-0.39, 0.29) is 22.7 Å². The molecule has 3 rings (SSSR count). The van der Waals surface area contributed by atoms with Crippen LogP contribution in [0.25, 0.3) is 10.9 Å². The summed E-state index contributed by atoms with van der Waals surface area (Å²) >= 11 is 5.25. The van der Waals surface area contributed by atoms with Crippen LogP contribution < -0.4 is 5.56 Å². The molecule has 122 valence electrons. The van der Waals surface area contributed by atoms with E-state index in [1.54, 1.807) is 18.2 Å². The quantitative estimate of drug-likeness (QED) is 0.586. The summed E-state index contributed by atoms with van der Waals surface area (Å²) in [5.74, 6) is -0.836. The maximum Gasteiger partial charge on any atom is 0.337 e. The first-order valence-corrected chi connectivity index (χ1v) is 7.50. The summed E-state index contributed by atoms with van der Waals surface area (Å²) in [6.07, 6.45) is 0. The average molecular weight is 344 g/mol. The zero-order valence-corrected chi connectivity index (χ0v) is 13.5. The minimum Gasteiger partial charge on any atom is -0.465 e. The van der Waals surface area contributed by atoms with Crippen molar-refractivity contribution in [1.29, 1.82) is 0 Å². The Kier molecular flexibility index (Phi) is 4.26. The summed E-state index contributed by atoms with van der Waals surface area (Å²) in [6, 6.07) is 10.5. The molecule has 1 aromatic heterocycles. The molecule has 3 aromatic rings. The molecule has 0 saturated carbocycles. The Hall–Kier alpha value is -2.80. The van der Waals surface area contributed by atoms with Gasteiger partial charge in [-0.15, -0.1) is 0 Å². The average Bonchev–Trinajstić information content (AvgIpc) is 2.59. The van der Waals surface area contributed by atoms with Crippen molar-refractivity contribution in [3.63, 3.8) is 0 Å². The number of hydrogen-bond donors (Lipinski definition) is 1. The number of ether oxygens (including phenoxy) is 1. The molecule has 0 bridgehead atoms. The van der Waals surface area contributed by atoms with E-state index < -0.39 is 5.97 Å². The number of methoxy groups -OCH3 is 1. The fraction of sp³-hybridized carbons (Fsp3) is 0.118. The van der Waals surface area contributed by atoms with Crippen LogP contribution in [0.3, 0.4) is 0 Å². The largest absolute Gasteiger partial charge is 0.465 e. The zero-order valence-electron chi connectivity index (χ0n) is 12.7. The highest BCUT2D eigenvalue weighted by Gasteiger charge is 2.10. The van der Waals surface area contributed by atoms with E-state index in [1.165, 1.54) is 35.9 Å². The topological polar surface area (TPSA) is 64.1 Å². The van der Waals surface area contributed by atoms with Crippen LogP contribution >= 0.6 is 12.2 Å². The van der Waals surface area contributed by atoms with Crippen molar-refractivity contribution in [2.75, 3.05) is 7.11 Å². The number of H-pyrrole nitrogens is 1. The van der Waals surface area contributed by atoms with Gasteiger partial charge in [0.05, 0.1) is 30.1 Å². The van der Waals surface area contributed by atoms with Gasteiger partial charge >= 0.3 is 5.97 Å². The van der Waals surface area contributed by atoms with E-state index in [0.717, 1.165) is 5.56 Å². The SMILES string of the molecule is COC(=O)c1ccc2c(=O)n(Cc3ccc(F)cc3)c(=S)[nH]c2c1. The summed E-state index contributed by atoms with van der Waals surface area (Å²) in [5, 5.41) is 0.401. The Morgan fingerprint density at radius 2 is 1.96 bits per heavy atom. The Morgan fingerprint density at radius 1 is 1.25 bits per heavy atom. The van der Waals surface area contributed by atoms with Gasteiger partial charge in [0.2, 0.25) is 0 Å². The summed E-state index contributed by atoms with van der Waals surface area (Å²) in [7, 11) is 1.29. The number of rotatable bonds is 3. The highest BCUT2D eigenvalue weighted by Crippen LogP contribution is 2.12. The Bertz CT molecular complexity index is 1040. The van der Waals surface area contributed by atoms with Crippen LogP contribution in [0.4, 0.5) is 4.39 Å². The standard InChI is InChI=1S/C17H13FN2O3S/c1-23-16(22)11-4-7-13-14(8-11)19-17(24)20(15(13)21)9-10-2-5-12(18)6-3-10/h2-8H,9H2,1H3,(H,19,24). The molecular weight excluding hydrogens is 331 g/mol. The van der Waals surface area contributed by atoms with Crippen LogP contribution in [0.1, 0.15) is 15.9 Å². The van der Waals surface area contributed by atoms with E-state index >= 15 is 0 Å². The number of hydrogen-bond acceptors (Lipinski definition) is 4. The molecule has 0 aliphatic carbocycles. The van der Waals surface area contributed by atoms with Gasteiger partial charge in [-0.2, -0.15) is 0 Å². The lowest BCUT2D eigenvalue weighted by molar-refractivity contribution is 0.0601. The molecule has 0 saturated heterocycles. The van der Waals surface area contributed by atoms with Crippen molar-refractivity contribution in [3.05, 3.63) is 74.5 Å². The first-order chi connectivity index (χ1) is 11.5. The molecule has 0 spiro atoms. The molecule has 7 heteroatoms. The molecular formula is C17H13FN2O3S. The maximum atomic E-state index is 13.0. The van der Waals surface area contributed by atoms with Crippen LogP contribution in [0.2, 0.25) is 0 Å².